The molecule has 0 amide bonds. The minimum Gasteiger partial charge on any atom is -0.497 e. The van der Waals surface area contributed by atoms with Gasteiger partial charge in [-0.1, -0.05) is 36.4 Å². The fraction of sp³-hybridized carbons (Fsp3) is 0.154. The quantitative estimate of drug-likeness (QED) is 0.382. The van der Waals surface area contributed by atoms with Gasteiger partial charge in [0.25, 0.3) is 0 Å². The normalized spacial score (nSPS) is 11.0. The summed E-state index contributed by atoms with van der Waals surface area (Å²) in [6.07, 6.45) is 1.24. The van der Waals surface area contributed by atoms with Crippen molar-refractivity contribution in [1.82, 2.24) is 14.7 Å². The second-order valence-corrected chi connectivity index (χ2v) is 7.95. The SMILES string of the molecule is COc1ccc(CN(Cc2ccc(F)cc2)Cc2ccc(-n3ncc(C(=O)O)c3N)cc2)cc1. The summed E-state index contributed by atoms with van der Waals surface area (Å²) < 4.78 is 20.0. The number of rotatable bonds is 9. The molecule has 8 heteroatoms. The summed E-state index contributed by atoms with van der Waals surface area (Å²) in [5, 5.41) is 13.3. The second-order valence-electron chi connectivity index (χ2n) is 7.95. The Morgan fingerprint density at radius 2 is 1.44 bits per heavy atom. The molecule has 7 nitrogen and oxygen atoms in total. The highest BCUT2D eigenvalue weighted by Gasteiger charge is 2.15. The molecule has 174 valence electrons. The number of benzene rings is 3. The first-order valence-corrected chi connectivity index (χ1v) is 10.7. The minimum absolute atomic E-state index is 0.0333. The third-order valence-corrected chi connectivity index (χ3v) is 5.51. The fourth-order valence-corrected chi connectivity index (χ4v) is 3.73. The van der Waals surface area contributed by atoms with Gasteiger partial charge in [-0.3, -0.25) is 4.90 Å². The van der Waals surface area contributed by atoms with Crippen LogP contribution in [-0.4, -0.2) is 32.9 Å². The van der Waals surface area contributed by atoms with Crippen molar-refractivity contribution in [3.05, 3.63) is 107 Å². The lowest BCUT2D eigenvalue weighted by atomic mass is 10.1. The Balaban J connectivity index is 1.53. The summed E-state index contributed by atoms with van der Waals surface area (Å²) in [6, 6.07) is 22.1. The molecule has 0 radical (unpaired) electrons. The van der Waals surface area contributed by atoms with Gasteiger partial charge in [0, 0.05) is 19.6 Å². The van der Waals surface area contributed by atoms with Crippen LogP contribution >= 0.6 is 0 Å². The highest BCUT2D eigenvalue weighted by Crippen LogP contribution is 2.20. The monoisotopic (exact) mass is 460 g/mol. The lowest BCUT2D eigenvalue weighted by molar-refractivity contribution is 0.0698. The first-order valence-electron chi connectivity index (χ1n) is 10.7. The molecule has 4 aromatic rings. The first-order chi connectivity index (χ1) is 16.4. The van der Waals surface area contributed by atoms with Gasteiger partial charge < -0.3 is 15.6 Å². The standard InChI is InChI=1S/C26H25FN4O3/c1-34-23-12-6-20(7-13-23)17-30(15-18-2-8-21(27)9-3-18)16-19-4-10-22(11-5-19)31-25(28)24(14-29-31)26(32)33/h2-14H,15-17,28H2,1H3,(H,32,33). The zero-order chi connectivity index (χ0) is 24.1. The molecule has 0 saturated heterocycles. The van der Waals surface area contributed by atoms with Crippen molar-refractivity contribution in [3.8, 4) is 11.4 Å². The van der Waals surface area contributed by atoms with Crippen molar-refractivity contribution >= 4 is 11.8 Å². The molecule has 3 aromatic carbocycles. The topological polar surface area (TPSA) is 93.6 Å². The predicted molar refractivity (Wildman–Crippen MR) is 127 cm³/mol. The van der Waals surface area contributed by atoms with Crippen LogP contribution in [0, 0.1) is 5.82 Å². The first kappa shape index (κ1) is 23.0. The summed E-state index contributed by atoms with van der Waals surface area (Å²) >= 11 is 0. The lowest BCUT2D eigenvalue weighted by Gasteiger charge is -2.23. The highest BCUT2D eigenvalue weighted by atomic mass is 19.1. The number of carbonyl (C=O) groups is 1. The van der Waals surface area contributed by atoms with Gasteiger partial charge in [-0.2, -0.15) is 5.10 Å². The van der Waals surface area contributed by atoms with Gasteiger partial charge in [-0.05, 0) is 53.1 Å². The van der Waals surface area contributed by atoms with E-state index in [1.807, 2.05) is 48.5 Å². The number of aromatic nitrogens is 2. The maximum atomic E-state index is 13.4. The Labute approximate surface area is 196 Å². The molecule has 0 saturated carbocycles. The van der Waals surface area contributed by atoms with Gasteiger partial charge >= 0.3 is 5.97 Å². The molecule has 34 heavy (non-hydrogen) atoms. The number of nitrogens with zero attached hydrogens (tertiary/aromatic N) is 3. The van der Waals surface area contributed by atoms with Gasteiger partial charge in [0.1, 0.15) is 22.9 Å². The molecule has 0 fully saturated rings. The van der Waals surface area contributed by atoms with E-state index in [2.05, 4.69) is 10.00 Å². The van der Waals surface area contributed by atoms with Crippen LogP contribution in [0.1, 0.15) is 27.0 Å². The number of aromatic carboxylic acids is 1. The zero-order valence-corrected chi connectivity index (χ0v) is 18.7. The van der Waals surface area contributed by atoms with E-state index in [0.717, 1.165) is 22.4 Å². The number of hydrogen-bond acceptors (Lipinski definition) is 5. The highest BCUT2D eigenvalue weighted by molar-refractivity contribution is 5.92. The van der Waals surface area contributed by atoms with Crippen LogP contribution in [0.15, 0.2) is 79.0 Å². The lowest BCUT2D eigenvalue weighted by Crippen LogP contribution is -2.22. The maximum absolute atomic E-state index is 13.4. The molecule has 1 heterocycles. The molecule has 0 unspecified atom stereocenters. The van der Waals surface area contributed by atoms with E-state index in [0.29, 0.717) is 25.3 Å². The molecule has 0 aliphatic heterocycles. The van der Waals surface area contributed by atoms with Crippen molar-refractivity contribution in [3.63, 3.8) is 0 Å². The minimum atomic E-state index is -1.12. The van der Waals surface area contributed by atoms with Crippen LogP contribution in [0.3, 0.4) is 0 Å². The molecule has 0 atom stereocenters. The molecule has 0 aliphatic carbocycles. The Kier molecular flexibility index (Phi) is 6.89. The molecule has 0 bridgehead atoms. The van der Waals surface area contributed by atoms with Gasteiger partial charge in [-0.25, -0.2) is 13.9 Å². The number of anilines is 1. The van der Waals surface area contributed by atoms with Crippen LogP contribution in [0.5, 0.6) is 5.75 Å². The van der Waals surface area contributed by atoms with Crippen molar-refractivity contribution in [2.75, 3.05) is 12.8 Å². The maximum Gasteiger partial charge on any atom is 0.341 e. The zero-order valence-electron chi connectivity index (χ0n) is 18.7. The van der Waals surface area contributed by atoms with Crippen LogP contribution < -0.4 is 10.5 Å². The third kappa shape index (κ3) is 5.41. The number of hydrogen-bond donors (Lipinski definition) is 2. The molecular formula is C26H25FN4O3. The van der Waals surface area contributed by atoms with Crippen LogP contribution in [0.4, 0.5) is 10.2 Å². The predicted octanol–water partition coefficient (Wildman–Crippen LogP) is 4.50. The summed E-state index contributed by atoms with van der Waals surface area (Å²) in [4.78, 5) is 13.5. The van der Waals surface area contributed by atoms with E-state index in [1.54, 1.807) is 19.2 Å². The van der Waals surface area contributed by atoms with Gasteiger partial charge in [0.15, 0.2) is 0 Å². The smallest absolute Gasteiger partial charge is 0.341 e. The number of carboxylic acid groups (broad SMARTS) is 1. The van der Waals surface area contributed by atoms with Crippen molar-refractivity contribution < 1.29 is 19.0 Å². The molecule has 0 aliphatic rings. The average molecular weight is 461 g/mol. The van der Waals surface area contributed by atoms with E-state index in [4.69, 9.17) is 10.5 Å². The second kappa shape index (κ2) is 10.2. The van der Waals surface area contributed by atoms with E-state index in [1.165, 1.54) is 23.0 Å². The number of methoxy groups -OCH3 is 1. The van der Waals surface area contributed by atoms with Crippen LogP contribution in [0.25, 0.3) is 5.69 Å². The van der Waals surface area contributed by atoms with E-state index < -0.39 is 5.97 Å². The molecule has 3 N–H and O–H groups in total. The Hall–Kier alpha value is -4.17. The Morgan fingerprint density at radius 3 is 1.91 bits per heavy atom. The molecule has 1 aromatic heterocycles. The number of nitrogen functional groups attached to an aromatic ring is 1. The van der Waals surface area contributed by atoms with Gasteiger partial charge in [0.05, 0.1) is 19.0 Å². The van der Waals surface area contributed by atoms with E-state index in [-0.39, 0.29) is 17.2 Å². The summed E-state index contributed by atoms with van der Waals surface area (Å²) in [5.41, 5.74) is 9.78. The average Bonchev–Trinajstić information content (AvgIpc) is 3.23. The molecule has 4 rings (SSSR count). The number of nitrogens with two attached hydrogens (primary N) is 1. The van der Waals surface area contributed by atoms with Crippen molar-refractivity contribution in [2.45, 2.75) is 19.6 Å². The van der Waals surface area contributed by atoms with Crippen LogP contribution in [0.2, 0.25) is 0 Å². The summed E-state index contributed by atoms with van der Waals surface area (Å²) in [7, 11) is 1.64. The number of halogens is 1. The number of carboxylic acids is 1. The number of ether oxygens (including phenoxy) is 1. The Bertz CT molecular complexity index is 1250. The van der Waals surface area contributed by atoms with E-state index in [9.17, 15) is 14.3 Å². The van der Waals surface area contributed by atoms with Gasteiger partial charge in [0.2, 0.25) is 0 Å². The van der Waals surface area contributed by atoms with E-state index >= 15 is 0 Å². The largest absolute Gasteiger partial charge is 0.497 e. The Morgan fingerprint density at radius 1 is 0.941 bits per heavy atom. The fourth-order valence-electron chi connectivity index (χ4n) is 3.73. The molecular weight excluding hydrogens is 435 g/mol. The van der Waals surface area contributed by atoms with Crippen molar-refractivity contribution in [1.29, 1.82) is 0 Å². The third-order valence-electron chi connectivity index (χ3n) is 5.51. The molecule has 0 spiro atoms. The van der Waals surface area contributed by atoms with Gasteiger partial charge in [-0.15, -0.1) is 0 Å². The van der Waals surface area contributed by atoms with Crippen LogP contribution in [-0.2, 0) is 19.6 Å². The summed E-state index contributed by atoms with van der Waals surface area (Å²) in [6.45, 7) is 1.98. The summed E-state index contributed by atoms with van der Waals surface area (Å²) in [5.74, 6) is -0.494. The van der Waals surface area contributed by atoms with Crippen molar-refractivity contribution in [2.24, 2.45) is 0 Å².